The fraction of sp³-hybridized carbons (Fsp3) is 0.171. The Kier molecular flexibility index (Phi) is 8.54. The van der Waals surface area contributed by atoms with Crippen molar-refractivity contribution in [3.05, 3.63) is 113 Å². The maximum absolute atomic E-state index is 13.1. The number of carbonyl (C=O) groups excluding carboxylic acids is 2. The molecule has 1 heterocycles. The van der Waals surface area contributed by atoms with Crippen molar-refractivity contribution in [3.8, 4) is 28.7 Å². The molecule has 5 aromatic rings. The number of methoxy groups -OCH3 is 1. The second-order valence-electron chi connectivity index (χ2n) is 10.6. The summed E-state index contributed by atoms with van der Waals surface area (Å²) in [6.45, 7) is 4.04. The number of carbonyl (C=O) groups is 3. The Balaban J connectivity index is 1.31. The number of nitrogens with one attached hydrogen (secondary N) is 1. The van der Waals surface area contributed by atoms with Crippen LogP contribution in [0, 0.1) is 11.3 Å². The molecule has 0 aliphatic carbocycles. The van der Waals surface area contributed by atoms with Crippen molar-refractivity contribution in [2.75, 3.05) is 7.11 Å². The van der Waals surface area contributed by atoms with Crippen LogP contribution in [-0.4, -0.2) is 41.1 Å². The SMILES string of the molecule is COC(=O)C(Cc1ccc(-c2cccc(C(=O)O)c2)cc1)NC(=O)c1ccc(-c2nc3cc(C#N)cc(C(C)C)c3o2)cc1. The molecule has 1 amide bonds. The largest absolute Gasteiger partial charge is 0.478 e. The average Bonchev–Trinajstić information content (AvgIpc) is 3.48. The van der Waals surface area contributed by atoms with Gasteiger partial charge >= 0.3 is 11.9 Å². The molecule has 4 aromatic carbocycles. The molecular weight excluding hydrogens is 558 g/mol. The van der Waals surface area contributed by atoms with Crippen LogP contribution in [0.25, 0.3) is 33.7 Å². The van der Waals surface area contributed by atoms with Gasteiger partial charge in [-0.2, -0.15) is 5.26 Å². The quantitative estimate of drug-likeness (QED) is 0.189. The van der Waals surface area contributed by atoms with Crippen molar-refractivity contribution >= 4 is 28.9 Å². The number of amides is 1. The molecule has 0 fully saturated rings. The second-order valence-corrected chi connectivity index (χ2v) is 10.6. The number of oxazole rings is 1. The normalized spacial score (nSPS) is 11.6. The van der Waals surface area contributed by atoms with Gasteiger partial charge in [0.25, 0.3) is 5.91 Å². The highest BCUT2D eigenvalue weighted by molar-refractivity contribution is 5.97. The van der Waals surface area contributed by atoms with E-state index in [1.54, 1.807) is 42.5 Å². The summed E-state index contributed by atoms with van der Waals surface area (Å²) in [5, 5.41) is 21.4. The lowest BCUT2D eigenvalue weighted by Crippen LogP contribution is -2.43. The minimum atomic E-state index is -1.00. The molecule has 0 saturated heterocycles. The molecule has 0 spiro atoms. The van der Waals surface area contributed by atoms with Crippen LogP contribution in [0.5, 0.6) is 0 Å². The molecular formula is C35H29N3O6. The number of aromatic carboxylic acids is 1. The predicted molar refractivity (Wildman–Crippen MR) is 164 cm³/mol. The Morgan fingerprint density at radius 3 is 2.27 bits per heavy atom. The average molecular weight is 588 g/mol. The number of ether oxygens (including phenoxy) is 1. The van der Waals surface area contributed by atoms with Crippen LogP contribution in [0.15, 0.2) is 89.3 Å². The Morgan fingerprint density at radius 2 is 1.64 bits per heavy atom. The van der Waals surface area contributed by atoms with E-state index in [4.69, 9.17) is 9.15 Å². The van der Waals surface area contributed by atoms with E-state index in [2.05, 4.69) is 16.4 Å². The third kappa shape index (κ3) is 6.35. The summed E-state index contributed by atoms with van der Waals surface area (Å²) in [5.74, 6) is -1.54. The molecule has 5 rings (SSSR count). The summed E-state index contributed by atoms with van der Waals surface area (Å²) in [5.41, 5.74) is 6.15. The fourth-order valence-electron chi connectivity index (χ4n) is 4.92. The maximum atomic E-state index is 13.1. The van der Waals surface area contributed by atoms with E-state index in [9.17, 15) is 24.8 Å². The summed E-state index contributed by atoms with van der Waals surface area (Å²) in [4.78, 5) is 41.6. The van der Waals surface area contributed by atoms with Crippen LogP contribution in [0.2, 0.25) is 0 Å². The number of fused-ring (bicyclic) bond motifs is 1. The number of hydrogen-bond acceptors (Lipinski definition) is 7. The number of carboxylic acids is 1. The molecule has 0 bridgehead atoms. The van der Waals surface area contributed by atoms with Gasteiger partial charge in [-0.05, 0) is 71.1 Å². The predicted octanol–water partition coefficient (Wildman–Crippen LogP) is 6.37. The topological polar surface area (TPSA) is 143 Å². The van der Waals surface area contributed by atoms with Crippen LogP contribution in [-0.2, 0) is 16.0 Å². The van der Waals surface area contributed by atoms with Gasteiger partial charge < -0.3 is 19.6 Å². The standard InChI is InChI=1S/C35H29N3O6/c1-20(2)28-15-22(19-36)17-29-31(28)44-33(38-29)25-13-11-24(12-14-25)32(39)37-30(35(42)43-3)16-21-7-9-23(10-8-21)26-5-4-6-27(18-26)34(40)41/h4-15,17-18,20,30H,16H2,1-3H3,(H,37,39)(H,40,41). The van der Waals surface area contributed by atoms with Gasteiger partial charge in [-0.15, -0.1) is 0 Å². The van der Waals surface area contributed by atoms with Gasteiger partial charge in [0.2, 0.25) is 5.89 Å². The lowest BCUT2D eigenvalue weighted by molar-refractivity contribution is -0.142. The molecule has 1 aromatic heterocycles. The Labute approximate surface area is 253 Å². The first-order valence-electron chi connectivity index (χ1n) is 13.9. The number of carboxylic acid groups (broad SMARTS) is 1. The lowest BCUT2D eigenvalue weighted by atomic mass is 9.99. The van der Waals surface area contributed by atoms with Gasteiger partial charge in [-0.25, -0.2) is 14.6 Å². The number of hydrogen-bond donors (Lipinski definition) is 2. The Bertz CT molecular complexity index is 1900. The minimum Gasteiger partial charge on any atom is -0.478 e. The van der Waals surface area contributed by atoms with Crippen molar-refractivity contribution in [2.24, 2.45) is 0 Å². The number of benzene rings is 4. The van der Waals surface area contributed by atoms with Crippen molar-refractivity contribution < 1.29 is 28.6 Å². The van der Waals surface area contributed by atoms with E-state index in [0.29, 0.717) is 33.7 Å². The molecule has 9 nitrogen and oxygen atoms in total. The first kappa shape index (κ1) is 29.7. The van der Waals surface area contributed by atoms with E-state index in [-0.39, 0.29) is 17.9 Å². The number of rotatable bonds is 9. The van der Waals surface area contributed by atoms with Crippen molar-refractivity contribution in [2.45, 2.75) is 32.2 Å². The monoisotopic (exact) mass is 587 g/mol. The second kappa shape index (κ2) is 12.6. The summed E-state index contributed by atoms with van der Waals surface area (Å²) in [6, 6.07) is 25.3. The molecule has 2 N–H and O–H groups in total. The van der Waals surface area contributed by atoms with Crippen molar-refractivity contribution in [1.29, 1.82) is 5.26 Å². The first-order valence-corrected chi connectivity index (χ1v) is 13.9. The minimum absolute atomic E-state index is 0.134. The number of esters is 1. The third-order valence-corrected chi connectivity index (χ3v) is 7.29. The molecule has 0 saturated carbocycles. The van der Waals surface area contributed by atoms with Crippen LogP contribution < -0.4 is 5.32 Å². The highest BCUT2D eigenvalue weighted by atomic mass is 16.5. The smallest absolute Gasteiger partial charge is 0.335 e. The first-order chi connectivity index (χ1) is 21.2. The van der Waals surface area contributed by atoms with Crippen LogP contribution in [0.1, 0.15) is 57.2 Å². The lowest BCUT2D eigenvalue weighted by Gasteiger charge is -2.17. The zero-order chi connectivity index (χ0) is 31.4. The van der Waals surface area contributed by atoms with Crippen LogP contribution in [0.3, 0.4) is 0 Å². The van der Waals surface area contributed by atoms with Gasteiger partial charge in [0.15, 0.2) is 5.58 Å². The number of nitrogens with zero attached hydrogens (tertiary/aromatic N) is 2. The summed E-state index contributed by atoms with van der Waals surface area (Å²) >= 11 is 0. The van der Waals surface area contributed by atoms with Crippen LogP contribution in [0.4, 0.5) is 0 Å². The summed E-state index contributed by atoms with van der Waals surface area (Å²) in [6.07, 6.45) is 0.192. The third-order valence-electron chi connectivity index (χ3n) is 7.29. The number of aromatic nitrogens is 1. The Hall–Kier alpha value is -5.75. The molecule has 220 valence electrons. The highest BCUT2D eigenvalue weighted by Crippen LogP contribution is 2.31. The molecule has 9 heteroatoms. The van der Waals surface area contributed by atoms with E-state index in [0.717, 1.165) is 22.3 Å². The fourth-order valence-corrected chi connectivity index (χ4v) is 4.92. The molecule has 0 aliphatic rings. The van der Waals surface area contributed by atoms with Gasteiger partial charge in [-0.3, -0.25) is 4.79 Å². The molecule has 0 aliphatic heterocycles. The van der Waals surface area contributed by atoms with Gasteiger partial charge in [0, 0.05) is 23.1 Å². The van der Waals surface area contributed by atoms with Crippen LogP contribution >= 0.6 is 0 Å². The van der Waals surface area contributed by atoms with E-state index < -0.39 is 23.9 Å². The summed E-state index contributed by atoms with van der Waals surface area (Å²) in [7, 11) is 1.26. The zero-order valence-corrected chi connectivity index (χ0v) is 24.3. The molecule has 0 radical (unpaired) electrons. The van der Waals surface area contributed by atoms with Gasteiger partial charge in [0.1, 0.15) is 11.6 Å². The molecule has 1 atom stereocenters. The zero-order valence-electron chi connectivity index (χ0n) is 24.3. The van der Waals surface area contributed by atoms with Gasteiger partial charge in [-0.1, -0.05) is 50.2 Å². The van der Waals surface area contributed by atoms with Crippen molar-refractivity contribution in [3.63, 3.8) is 0 Å². The molecule has 44 heavy (non-hydrogen) atoms. The molecule has 1 unspecified atom stereocenters. The highest BCUT2D eigenvalue weighted by Gasteiger charge is 2.23. The van der Waals surface area contributed by atoms with E-state index in [1.807, 2.05) is 50.2 Å². The number of nitriles is 1. The van der Waals surface area contributed by atoms with E-state index >= 15 is 0 Å². The Morgan fingerprint density at radius 1 is 0.932 bits per heavy atom. The van der Waals surface area contributed by atoms with E-state index in [1.165, 1.54) is 13.2 Å². The maximum Gasteiger partial charge on any atom is 0.335 e. The van der Waals surface area contributed by atoms with Crippen molar-refractivity contribution in [1.82, 2.24) is 10.3 Å². The summed E-state index contributed by atoms with van der Waals surface area (Å²) < 4.78 is 11.0. The van der Waals surface area contributed by atoms with Gasteiger partial charge in [0.05, 0.1) is 24.3 Å².